The van der Waals surface area contributed by atoms with Crippen LogP contribution in [0.15, 0.2) is 0 Å². The fraction of sp³-hybridized carbons (Fsp3) is 0.833. The zero-order chi connectivity index (χ0) is 14.1. The van der Waals surface area contributed by atoms with Gasteiger partial charge in [-0.05, 0) is 34.1 Å². The molecule has 1 saturated heterocycles. The van der Waals surface area contributed by atoms with Crippen LogP contribution in [0.4, 0.5) is 4.79 Å². The number of carbonyl (C=O) groups excluding carboxylic acids is 1. The van der Waals surface area contributed by atoms with Crippen LogP contribution in [0, 0.1) is 0 Å². The fourth-order valence-electron chi connectivity index (χ4n) is 2.13. The molecule has 1 heterocycles. The second kappa shape index (κ2) is 4.76. The number of aliphatic carboxylic acids is 1. The van der Waals surface area contributed by atoms with Gasteiger partial charge in [0.25, 0.3) is 0 Å². The number of methoxy groups -OCH3 is 1. The summed E-state index contributed by atoms with van der Waals surface area (Å²) in [6, 6.07) is 0. The van der Waals surface area contributed by atoms with E-state index < -0.39 is 29.3 Å². The average Bonchev–Trinajstić information content (AvgIpc) is 2.54. The summed E-state index contributed by atoms with van der Waals surface area (Å²) < 4.78 is 10.4. The molecule has 1 fully saturated rings. The summed E-state index contributed by atoms with van der Waals surface area (Å²) in [6.07, 6.45) is -0.659. The molecule has 2 atom stereocenters. The molecule has 1 aliphatic heterocycles. The van der Waals surface area contributed by atoms with Gasteiger partial charge in [0.05, 0.1) is 6.10 Å². The summed E-state index contributed by atoms with van der Waals surface area (Å²) in [5.41, 5.74) is -2.03. The van der Waals surface area contributed by atoms with Gasteiger partial charge in [-0.2, -0.15) is 0 Å². The molecule has 1 amide bonds. The van der Waals surface area contributed by atoms with Crippen LogP contribution in [0.25, 0.3) is 0 Å². The Balaban J connectivity index is 2.95. The molecule has 0 bridgehead atoms. The van der Waals surface area contributed by atoms with Gasteiger partial charge < -0.3 is 14.6 Å². The van der Waals surface area contributed by atoms with Crippen LogP contribution in [0.1, 0.15) is 34.1 Å². The van der Waals surface area contributed by atoms with Gasteiger partial charge >= 0.3 is 12.1 Å². The predicted molar refractivity (Wildman–Crippen MR) is 64.4 cm³/mol. The zero-order valence-electron chi connectivity index (χ0n) is 11.5. The number of ether oxygens (including phenoxy) is 2. The van der Waals surface area contributed by atoms with E-state index in [9.17, 15) is 14.7 Å². The van der Waals surface area contributed by atoms with Crippen LogP contribution in [-0.2, 0) is 14.3 Å². The van der Waals surface area contributed by atoms with Crippen LogP contribution in [0.3, 0.4) is 0 Å². The largest absolute Gasteiger partial charge is 0.479 e. The highest BCUT2D eigenvalue weighted by Gasteiger charge is 2.54. The number of carbonyl (C=O) groups is 2. The lowest BCUT2D eigenvalue weighted by atomic mass is 9.96. The van der Waals surface area contributed by atoms with Crippen LogP contribution < -0.4 is 0 Å². The molecule has 0 saturated carbocycles. The maximum absolute atomic E-state index is 12.0. The van der Waals surface area contributed by atoms with Crippen LogP contribution in [-0.4, -0.2) is 53.0 Å². The number of carboxylic acids is 1. The number of likely N-dealkylation sites (tertiary alicyclic amines) is 1. The number of rotatable bonds is 2. The van der Waals surface area contributed by atoms with Gasteiger partial charge in [0.1, 0.15) is 5.60 Å². The Labute approximate surface area is 107 Å². The first kappa shape index (κ1) is 14.8. The van der Waals surface area contributed by atoms with Gasteiger partial charge in [0.2, 0.25) is 0 Å². The van der Waals surface area contributed by atoms with E-state index in [0.717, 1.165) is 0 Å². The van der Waals surface area contributed by atoms with E-state index in [1.54, 1.807) is 20.8 Å². The third-order valence-corrected chi connectivity index (χ3v) is 3.13. The van der Waals surface area contributed by atoms with Gasteiger partial charge in [-0.25, -0.2) is 9.59 Å². The van der Waals surface area contributed by atoms with Crippen molar-refractivity contribution in [2.45, 2.75) is 51.4 Å². The smallest absolute Gasteiger partial charge is 0.411 e. The standard InChI is InChI=1S/C12H21NO5/c1-11(2,3)18-10(16)13-7-6-8(17-5)12(13,4)9(14)15/h8H,6-7H2,1-5H3,(H,14,15)/t8-,12+/m1/s1. The Morgan fingerprint density at radius 2 is 1.94 bits per heavy atom. The SMILES string of the molecule is CO[C@@H]1CCN(C(=O)OC(C)(C)C)[C@]1(C)C(=O)O. The van der Waals surface area contributed by atoms with Gasteiger partial charge in [0, 0.05) is 13.7 Å². The molecule has 104 valence electrons. The Kier molecular flexibility index (Phi) is 3.90. The van der Waals surface area contributed by atoms with Gasteiger partial charge in [-0.15, -0.1) is 0 Å². The maximum atomic E-state index is 12.0. The lowest BCUT2D eigenvalue weighted by Gasteiger charge is -2.35. The third-order valence-electron chi connectivity index (χ3n) is 3.13. The lowest BCUT2D eigenvalue weighted by Crippen LogP contribution is -2.57. The number of carboxylic acid groups (broad SMARTS) is 1. The summed E-state index contributed by atoms with van der Waals surface area (Å²) in [7, 11) is 1.45. The van der Waals surface area contributed by atoms with E-state index in [-0.39, 0.29) is 0 Å². The van der Waals surface area contributed by atoms with E-state index in [2.05, 4.69) is 0 Å². The second-order valence-electron chi connectivity index (χ2n) is 5.60. The van der Waals surface area contributed by atoms with E-state index in [1.807, 2.05) is 0 Å². The predicted octanol–water partition coefficient (Wildman–Crippen LogP) is 1.49. The first-order chi connectivity index (χ1) is 8.13. The Bertz CT molecular complexity index is 349. The van der Waals surface area contributed by atoms with Crippen molar-refractivity contribution in [3.63, 3.8) is 0 Å². The van der Waals surface area contributed by atoms with Crippen molar-refractivity contribution in [2.75, 3.05) is 13.7 Å². The molecule has 0 aliphatic carbocycles. The minimum absolute atomic E-state index is 0.316. The highest BCUT2D eigenvalue weighted by atomic mass is 16.6. The molecule has 1 aliphatic rings. The van der Waals surface area contributed by atoms with Crippen molar-refractivity contribution in [1.82, 2.24) is 4.90 Å². The normalized spacial score (nSPS) is 28.3. The van der Waals surface area contributed by atoms with Gasteiger partial charge in [-0.3, -0.25) is 4.90 Å². The van der Waals surface area contributed by atoms with E-state index in [4.69, 9.17) is 9.47 Å². The maximum Gasteiger partial charge on any atom is 0.411 e. The molecule has 0 unspecified atom stereocenters. The van der Waals surface area contributed by atoms with E-state index >= 15 is 0 Å². The first-order valence-corrected chi connectivity index (χ1v) is 5.89. The minimum Gasteiger partial charge on any atom is -0.479 e. The summed E-state index contributed by atoms with van der Waals surface area (Å²) in [6.45, 7) is 7.03. The molecule has 6 heteroatoms. The number of nitrogens with zero attached hydrogens (tertiary/aromatic N) is 1. The Morgan fingerprint density at radius 1 is 1.39 bits per heavy atom. The lowest BCUT2D eigenvalue weighted by molar-refractivity contribution is -0.154. The summed E-state index contributed by atoms with van der Waals surface area (Å²) in [4.78, 5) is 24.7. The molecule has 0 aromatic carbocycles. The Hall–Kier alpha value is -1.30. The van der Waals surface area contributed by atoms with Gasteiger partial charge in [-0.1, -0.05) is 0 Å². The first-order valence-electron chi connectivity index (χ1n) is 5.89. The molecule has 6 nitrogen and oxygen atoms in total. The van der Waals surface area contributed by atoms with Crippen molar-refractivity contribution in [3.05, 3.63) is 0 Å². The molecule has 0 radical (unpaired) electrons. The van der Waals surface area contributed by atoms with Gasteiger partial charge in [0.15, 0.2) is 5.54 Å². The van der Waals surface area contributed by atoms with Crippen molar-refractivity contribution in [2.24, 2.45) is 0 Å². The zero-order valence-corrected chi connectivity index (χ0v) is 11.5. The number of amides is 1. The van der Waals surface area contributed by atoms with Crippen molar-refractivity contribution >= 4 is 12.1 Å². The highest BCUT2D eigenvalue weighted by molar-refractivity contribution is 5.85. The monoisotopic (exact) mass is 259 g/mol. The molecule has 0 aromatic rings. The molecule has 1 N–H and O–H groups in total. The summed E-state index contributed by atoms with van der Waals surface area (Å²) >= 11 is 0. The molecule has 18 heavy (non-hydrogen) atoms. The van der Waals surface area contributed by atoms with Crippen LogP contribution >= 0.6 is 0 Å². The van der Waals surface area contributed by atoms with Crippen LogP contribution in [0.5, 0.6) is 0 Å². The number of hydrogen-bond donors (Lipinski definition) is 1. The molecule has 1 rings (SSSR count). The number of hydrogen-bond acceptors (Lipinski definition) is 4. The molecule has 0 spiro atoms. The van der Waals surface area contributed by atoms with Crippen molar-refractivity contribution in [3.8, 4) is 0 Å². The topological polar surface area (TPSA) is 76.1 Å². The van der Waals surface area contributed by atoms with E-state index in [1.165, 1.54) is 18.9 Å². The fourth-order valence-corrected chi connectivity index (χ4v) is 2.13. The Morgan fingerprint density at radius 3 is 2.33 bits per heavy atom. The molecular weight excluding hydrogens is 238 g/mol. The summed E-state index contributed by atoms with van der Waals surface area (Å²) in [5, 5.41) is 9.36. The highest BCUT2D eigenvalue weighted by Crippen LogP contribution is 2.33. The average molecular weight is 259 g/mol. The van der Waals surface area contributed by atoms with E-state index in [0.29, 0.717) is 13.0 Å². The summed E-state index contributed by atoms with van der Waals surface area (Å²) in [5.74, 6) is -1.09. The molecular formula is C12H21NO5. The van der Waals surface area contributed by atoms with Crippen molar-refractivity contribution in [1.29, 1.82) is 0 Å². The molecule has 0 aromatic heterocycles. The van der Waals surface area contributed by atoms with Crippen molar-refractivity contribution < 1.29 is 24.2 Å². The van der Waals surface area contributed by atoms with Crippen LogP contribution in [0.2, 0.25) is 0 Å². The third kappa shape index (κ3) is 2.58. The quantitative estimate of drug-likeness (QED) is 0.813. The minimum atomic E-state index is -1.38. The second-order valence-corrected chi connectivity index (χ2v) is 5.60.